The molecule has 0 unspecified atom stereocenters. The lowest BCUT2D eigenvalue weighted by molar-refractivity contribution is 0.476. The number of rotatable bonds is 1. The fourth-order valence-electron chi connectivity index (χ4n) is 2.54. The van der Waals surface area contributed by atoms with Crippen molar-refractivity contribution < 1.29 is 10.2 Å². The zero-order chi connectivity index (χ0) is 14.4. The molecule has 102 valence electrons. The van der Waals surface area contributed by atoms with Crippen LogP contribution in [-0.2, 0) is 0 Å². The van der Waals surface area contributed by atoms with Crippen LogP contribution in [0.15, 0.2) is 54.6 Å². The van der Waals surface area contributed by atoms with Crippen molar-refractivity contribution in [3.8, 4) is 22.9 Å². The number of hydrogen-bond donors (Lipinski definition) is 3. The van der Waals surface area contributed by atoms with Gasteiger partial charge in [0.25, 0.3) is 0 Å². The summed E-state index contributed by atoms with van der Waals surface area (Å²) in [7, 11) is 0. The number of H-pyrrole nitrogens is 1. The topological polar surface area (TPSA) is 69.1 Å². The first-order chi connectivity index (χ1) is 10.2. The summed E-state index contributed by atoms with van der Waals surface area (Å²) in [6, 6.07) is 16.3. The van der Waals surface area contributed by atoms with Crippen molar-refractivity contribution >= 4 is 21.8 Å². The van der Waals surface area contributed by atoms with Crippen molar-refractivity contribution in [1.82, 2.24) is 9.97 Å². The summed E-state index contributed by atoms with van der Waals surface area (Å²) in [4.78, 5) is 7.79. The SMILES string of the molecule is Oc1ccc2[nH]c(-c3ccc4cccc(O)c4n3)cc2c1. The third-order valence-corrected chi connectivity index (χ3v) is 3.58. The Morgan fingerprint density at radius 3 is 2.67 bits per heavy atom. The summed E-state index contributed by atoms with van der Waals surface area (Å²) in [5, 5.41) is 21.3. The Bertz CT molecular complexity index is 973. The summed E-state index contributed by atoms with van der Waals surface area (Å²) in [6.45, 7) is 0. The van der Waals surface area contributed by atoms with Gasteiger partial charge >= 0.3 is 0 Å². The number of aromatic amines is 1. The van der Waals surface area contributed by atoms with Gasteiger partial charge in [-0.1, -0.05) is 18.2 Å². The first-order valence-electron chi connectivity index (χ1n) is 6.61. The summed E-state index contributed by atoms with van der Waals surface area (Å²) in [5.74, 6) is 0.403. The van der Waals surface area contributed by atoms with Crippen LogP contribution in [0.5, 0.6) is 11.5 Å². The first kappa shape index (κ1) is 11.8. The third kappa shape index (κ3) is 1.89. The summed E-state index contributed by atoms with van der Waals surface area (Å²) >= 11 is 0. The number of para-hydroxylation sites is 1. The number of nitrogens with one attached hydrogen (secondary N) is 1. The fraction of sp³-hybridized carbons (Fsp3) is 0. The Labute approximate surface area is 120 Å². The zero-order valence-electron chi connectivity index (χ0n) is 11.0. The lowest BCUT2D eigenvalue weighted by Gasteiger charge is -2.02. The molecule has 0 atom stereocenters. The van der Waals surface area contributed by atoms with Crippen molar-refractivity contribution in [2.45, 2.75) is 0 Å². The van der Waals surface area contributed by atoms with E-state index in [9.17, 15) is 10.2 Å². The molecular formula is C17H12N2O2. The van der Waals surface area contributed by atoms with Crippen LogP contribution in [0, 0.1) is 0 Å². The quantitative estimate of drug-likeness (QED) is 0.495. The van der Waals surface area contributed by atoms with Gasteiger partial charge < -0.3 is 15.2 Å². The largest absolute Gasteiger partial charge is 0.508 e. The van der Waals surface area contributed by atoms with Crippen LogP contribution in [0.4, 0.5) is 0 Å². The molecular weight excluding hydrogens is 264 g/mol. The van der Waals surface area contributed by atoms with Crippen molar-refractivity contribution in [3.63, 3.8) is 0 Å². The monoisotopic (exact) mass is 276 g/mol. The van der Waals surface area contributed by atoms with Crippen LogP contribution in [0.2, 0.25) is 0 Å². The number of aromatic nitrogens is 2. The highest BCUT2D eigenvalue weighted by atomic mass is 16.3. The van der Waals surface area contributed by atoms with Crippen LogP contribution in [0.3, 0.4) is 0 Å². The van der Waals surface area contributed by atoms with E-state index in [1.807, 2.05) is 30.3 Å². The molecule has 0 spiro atoms. The fourth-order valence-corrected chi connectivity index (χ4v) is 2.54. The maximum absolute atomic E-state index is 9.91. The molecule has 0 saturated carbocycles. The average Bonchev–Trinajstić information content (AvgIpc) is 2.90. The maximum atomic E-state index is 9.91. The van der Waals surface area contributed by atoms with E-state index in [4.69, 9.17) is 0 Å². The number of fused-ring (bicyclic) bond motifs is 2. The molecule has 0 radical (unpaired) electrons. The molecule has 4 rings (SSSR count). The Morgan fingerprint density at radius 2 is 1.76 bits per heavy atom. The second-order valence-corrected chi connectivity index (χ2v) is 5.00. The third-order valence-electron chi connectivity index (χ3n) is 3.58. The van der Waals surface area contributed by atoms with Gasteiger partial charge in [-0.25, -0.2) is 4.98 Å². The van der Waals surface area contributed by atoms with Gasteiger partial charge in [-0.2, -0.15) is 0 Å². The van der Waals surface area contributed by atoms with E-state index < -0.39 is 0 Å². The van der Waals surface area contributed by atoms with Crippen molar-refractivity contribution in [3.05, 3.63) is 54.6 Å². The molecule has 4 nitrogen and oxygen atoms in total. The number of phenols is 2. The van der Waals surface area contributed by atoms with Gasteiger partial charge in [0.15, 0.2) is 0 Å². The van der Waals surface area contributed by atoms with Gasteiger partial charge in [0.05, 0.1) is 11.4 Å². The van der Waals surface area contributed by atoms with Crippen molar-refractivity contribution in [2.75, 3.05) is 0 Å². The minimum Gasteiger partial charge on any atom is -0.508 e. The molecule has 0 aliphatic rings. The van der Waals surface area contributed by atoms with Gasteiger partial charge in [-0.3, -0.25) is 0 Å². The van der Waals surface area contributed by atoms with Crippen LogP contribution in [0.1, 0.15) is 0 Å². The molecule has 0 amide bonds. The van der Waals surface area contributed by atoms with Gasteiger partial charge in [0, 0.05) is 16.3 Å². The number of benzene rings is 2. The van der Waals surface area contributed by atoms with Crippen LogP contribution >= 0.6 is 0 Å². The highest BCUT2D eigenvalue weighted by Crippen LogP contribution is 2.29. The Hall–Kier alpha value is -3.01. The molecule has 0 aliphatic heterocycles. The van der Waals surface area contributed by atoms with E-state index >= 15 is 0 Å². The summed E-state index contributed by atoms with van der Waals surface area (Å²) < 4.78 is 0. The van der Waals surface area contributed by atoms with Crippen LogP contribution < -0.4 is 0 Å². The Balaban J connectivity index is 1.93. The van der Waals surface area contributed by atoms with E-state index in [0.29, 0.717) is 5.52 Å². The minimum atomic E-state index is 0.170. The maximum Gasteiger partial charge on any atom is 0.141 e. The minimum absolute atomic E-state index is 0.170. The summed E-state index contributed by atoms with van der Waals surface area (Å²) in [5.41, 5.74) is 3.11. The highest BCUT2D eigenvalue weighted by molar-refractivity contribution is 5.89. The lowest BCUT2D eigenvalue weighted by Crippen LogP contribution is -1.85. The molecule has 0 saturated heterocycles. The molecule has 2 aromatic heterocycles. The van der Waals surface area contributed by atoms with Gasteiger partial charge in [0.2, 0.25) is 0 Å². The Morgan fingerprint density at radius 1 is 0.857 bits per heavy atom. The normalized spacial score (nSPS) is 11.2. The van der Waals surface area contributed by atoms with Gasteiger partial charge in [-0.15, -0.1) is 0 Å². The van der Waals surface area contributed by atoms with Gasteiger partial charge in [0.1, 0.15) is 17.0 Å². The van der Waals surface area contributed by atoms with E-state index in [2.05, 4.69) is 9.97 Å². The molecule has 21 heavy (non-hydrogen) atoms. The molecule has 0 bridgehead atoms. The second-order valence-electron chi connectivity index (χ2n) is 5.00. The van der Waals surface area contributed by atoms with E-state index in [0.717, 1.165) is 27.7 Å². The molecule has 4 heteroatoms. The number of pyridine rings is 1. The molecule has 3 N–H and O–H groups in total. The molecule has 0 aliphatic carbocycles. The van der Waals surface area contributed by atoms with E-state index in [1.54, 1.807) is 24.3 Å². The molecule has 2 aromatic carbocycles. The van der Waals surface area contributed by atoms with Crippen LogP contribution in [0.25, 0.3) is 33.2 Å². The smallest absolute Gasteiger partial charge is 0.141 e. The number of hydrogen-bond acceptors (Lipinski definition) is 3. The standard InChI is InChI=1S/C17H12N2O2/c20-12-5-7-13-11(8-12)9-15(18-13)14-6-4-10-2-1-3-16(21)17(10)19-14/h1-9,18,20-21H. The second kappa shape index (κ2) is 4.24. The van der Waals surface area contributed by atoms with Gasteiger partial charge in [-0.05, 0) is 36.4 Å². The molecule has 4 aromatic rings. The number of nitrogens with zero attached hydrogens (tertiary/aromatic N) is 1. The van der Waals surface area contributed by atoms with Crippen LogP contribution in [-0.4, -0.2) is 20.2 Å². The number of aromatic hydroxyl groups is 2. The molecule has 2 heterocycles. The average molecular weight is 276 g/mol. The zero-order valence-corrected chi connectivity index (χ0v) is 11.0. The lowest BCUT2D eigenvalue weighted by atomic mass is 10.1. The van der Waals surface area contributed by atoms with Crippen molar-refractivity contribution in [2.24, 2.45) is 0 Å². The highest BCUT2D eigenvalue weighted by Gasteiger charge is 2.08. The molecule has 0 fully saturated rings. The summed E-state index contributed by atoms with van der Waals surface area (Å²) in [6.07, 6.45) is 0. The first-order valence-corrected chi connectivity index (χ1v) is 6.61. The van der Waals surface area contributed by atoms with Crippen molar-refractivity contribution in [1.29, 1.82) is 0 Å². The predicted octanol–water partition coefficient (Wildman–Crippen LogP) is 3.79. The van der Waals surface area contributed by atoms with E-state index in [1.165, 1.54) is 0 Å². The number of phenolic OH excluding ortho intramolecular Hbond substituents is 2. The van der Waals surface area contributed by atoms with E-state index in [-0.39, 0.29) is 11.5 Å². The Kier molecular flexibility index (Phi) is 2.38. The predicted molar refractivity (Wildman–Crippen MR) is 82.4 cm³/mol.